The van der Waals surface area contributed by atoms with Gasteiger partial charge in [-0.3, -0.25) is 0 Å². The van der Waals surface area contributed by atoms with Gasteiger partial charge in [0, 0.05) is 0 Å². The molecule has 0 amide bonds. The van der Waals surface area contributed by atoms with Crippen LogP contribution in [0.15, 0.2) is 24.3 Å². The highest BCUT2D eigenvalue weighted by Gasteiger charge is 1.96. The van der Waals surface area contributed by atoms with Gasteiger partial charge in [0.1, 0.15) is 11.5 Å². The molecule has 0 saturated carbocycles. The molecular formula is C17H27O2. The van der Waals surface area contributed by atoms with Gasteiger partial charge in [0.2, 0.25) is 0 Å². The largest absolute Gasteiger partial charge is 0.497 e. The molecule has 0 heterocycles. The van der Waals surface area contributed by atoms with Crippen LogP contribution >= 0.6 is 0 Å². The first-order chi connectivity index (χ1) is 9.36. The number of benzene rings is 1. The van der Waals surface area contributed by atoms with E-state index in [1.165, 1.54) is 38.5 Å². The van der Waals surface area contributed by atoms with E-state index >= 15 is 0 Å². The molecule has 1 radical (unpaired) electrons. The van der Waals surface area contributed by atoms with E-state index in [1.54, 1.807) is 7.11 Å². The third kappa shape index (κ3) is 7.76. The molecule has 0 aliphatic rings. The van der Waals surface area contributed by atoms with Crippen LogP contribution in [0.25, 0.3) is 0 Å². The summed E-state index contributed by atoms with van der Waals surface area (Å²) in [7, 11) is 1.67. The van der Waals surface area contributed by atoms with Crippen LogP contribution in [-0.4, -0.2) is 13.7 Å². The van der Waals surface area contributed by atoms with E-state index in [0.29, 0.717) is 0 Å². The van der Waals surface area contributed by atoms with Crippen LogP contribution in [0.2, 0.25) is 0 Å². The summed E-state index contributed by atoms with van der Waals surface area (Å²) in [4.78, 5) is 0. The monoisotopic (exact) mass is 263 g/mol. The molecule has 0 aliphatic carbocycles. The summed E-state index contributed by atoms with van der Waals surface area (Å²) in [5.74, 6) is 1.80. The van der Waals surface area contributed by atoms with Gasteiger partial charge in [0.25, 0.3) is 0 Å². The molecule has 1 aromatic carbocycles. The van der Waals surface area contributed by atoms with Gasteiger partial charge in [-0.15, -0.1) is 0 Å². The molecule has 0 unspecified atom stereocenters. The minimum Gasteiger partial charge on any atom is -0.497 e. The fraction of sp³-hybridized carbons (Fsp3) is 0.588. The third-order valence-corrected chi connectivity index (χ3v) is 3.12. The predicted octanol–water partition coefficient (Wildman–Crippen LogP) is 5.03. The summed E-state index contributed by atoms with van der Waals surface area (Å²) in [6.45, 7) is 3.04. The molecule has 0 aliphatic heterocycles. The van der Waals surface area contributed by atoms with Crippen molar-refractivity contribution < 1.29 is 9.47 Å². The Bertz CT molecular complexity index is 306. The summed E-state index contributed by atoms with van der Waals surface area (Å²) < 4.78 is 10.8. The van der Waals surface area contributed by atoms with Crippen molar-refractivity contribution in [3.8, 4) is 11.5 Å². The Morgan fingerprint density at radius 3 is 2.26 bits per heavy atom. The standard InChI is InChI=1S/C17H27O2/c1-3-4-5-6-7-8-9-10-15-19-17-13-11-16(18-2)12-14-17/h5,11-14H,3-4,6-10,15H2,1-2H3. The highest BCUT2D eigenvalue weighted by Crippen LogP contribution is 2.17. The lowest BCUT2D eigenvalue weighted by Crippen LogP contribution is -1.97. The van der Waals surface area contributed by atoms with Crippen molar-refractivity contribution in [2.24, 2.45) is 0 Å². The number of rotatable bonds is 11. The Morgan fingerprint density at radius 2 is 1.58 bits per heavy atom. The number of hydrogen-bond donors (Lipinski definition) is 0. The number of unbranched alkanes of at least 4 members (excludes halogenated alkanes) is 7. The smallest absolute Gasteiger partial charge is 0.119 e. The first-order valence-corrected chi connectivity index (χ1v) is 7.45. The molecule has 0 aromatic heterocycles. The van der Waals surface area contributed by atoms with E-state index in [0.717, 1.165) is 24.5 Å². The predicted molar refractivity (Wildman–Crippen MR) is 80.8 cm³/mol. The summed E-state index contributed by atoms with van der Waals surface area (Å²) in [6.07, 6.45) is 11.3. The van der Waals surface area contributed by atoms with Crippen LogP contribution < -0.4 is 9.47 Å². The molecule has 1 aromatic rings. The quantitative estimate of drug-likeness (QED) is 0.521. The van der Waals surface area contributed by atoms with Crippen LogP contribution in [0.4, 0.5) is 0 Å². The number of hydrogen-bond acceptors (Lipinski definition) is 2. The maximum absolute atomic E-state index is 5.69. The van der Waals surface area contributed by atoms with Crippen molar-refractivity contribution in [3.05, 3.63) is 30.7 Å². The Hall–Kier alpha value is -1.18. The molecule has 0 saturated heterocycles. The van der Waals surface area contributed by atoms with Crippen molar-refractivity contribution >= 4 is 0 Å². The molecule has 19 heavy (non-hydrogen) atoms. The summed E-state index contributed by atoms with van der Waals surface area (Å²) in [6, 6.07) is 7.77. The van der Waals surface area contributed by atoms with Crippen molar-refractivity contribution in [1.29, 1.82) is 0 Å². The van der Waals surface area contributed by atoms with Crippen LogP contribution in [0, 0.1) is 6.42 Å². The van der Waals surface area contributed by atoms with Gasteiger partial charge in [-0.2, -0.15) is 0 Å². The average molecular weight is 263 g/mol. The Morgan fingerprint density at radius 1 is 0.895 bits per heavy atom. The lowest BCUT2D eigenvalue weighted by atomic mass is 10.1. The highest BCUT2D eigenvalue weighted by atomic mass is 16.5. The van der Waals surface area contributed by atoms with E-state index in [1.807, 2.05) is 24.3 Å². The zero-order valence-corrected chi connectivity index (χ0v) is 12.4. The molecular weight excluding hydrogens is 236 g/mol. The zero-order chi connectivity index (χ0) is 13.8. The molecule has 0 atom stereocenters. The number of methoxy groups -OCH3 is 1. The van der Waals surface area contributed by atoms with Crippen LogP contribution in [0.5, 0.6) is 11.5 Å². The van der Waals surface area contributed by atoms with Gasteiger partial charge in [0.05, 0.1) is 13.7 Å². The maximum atomic E-state index is 5.69. The van der Waals surface area contributed by atoms with Crippen LogP contribution in [-0.2, 0) is 0 Å². The topological polar surface area (TPSA) is 18.5 Å². The molecule has 2 heteroatoms. The van der Waals surface area contributed by atoms with Gasteiger partial charge in [-0.25, -0.2) is 0 Å². The van der Waals surface area contributed by atoms with Crippen molar-refractivity contribution in [3.63, 3.8) is 0 Å². The van der Waals surface area contributed by atoms with Gasteiger partial charge in [-0.1, -0.05) is 45.4 Å². The van der Waals surface area contributed by atoms with Crippen LogP contribution in [0.3, 0.4) is 0 Å². The Kier molecular flexibility index (Phi) is 8.95. The zero-order valence-electron chi connectivity index (χ0n) is 12.4. The SMILES string of the molecule is CCC[CH]CCCCCCOc1ccc(OC)cc1. The molecule has 2 nitrogen and oxygen atoms in total. The summed E-state index contributed by atoms with van der Waals surface area (Å²) >= 11 is 0. The number of ether oxygens (including phenoxy) is 2. The molecule has 0 fully saturated rings. The Balaban J connectivity index is 1.95. The lowest BCUT2D eigenvalue weighted by molar-refractivity contribution is 0.304. The second-order valence-corrected chi connectivity index (χ2v) is 4.80. The maximum Gasteiger partial charge on any atom is 0.119 e. The normalized spacial score (nSPS) is 10.4. The van der Waals surface area contributed by atoms with E-state index < -0.39 is 0 Å². The van der Waals surface area contributed by atoms with Crippen molar-refractivity contribution in [2.45, 2.75) is 51.9 Å². The molecule has 0 N–H and O–H groups in total. The molecule has 1 rings (SSSR count). The second-order valence-electron chi connectivity index (χ2n) is 4.80. The second kappa shape index (κ2) is 10.7. The van der Waals surface area contributed by atoms with Gasteiger partial charge >= 0.3 is 0 Å². The van der Waals surface area contributed by atoms with Crippen molar-refractivity contribution in [1.82, 2.24) is 0 Å². The lowest BCUT2D eigenvalue weighted by Gasteiger charge is -2.07. The van der Waals surface area contributed by atoms with Gasteiger partial charge in [-0.05, 0) is 37.1 Å². The third-order valence-electron chi connectivity index (χ3n) is 3.12. The first-order valence-electron chi connectivity index (χ1n) is 7.45. The van der Waals surface area contributed by atoms with Gasteiger partial charge < -0.3 is 9.47 Å². The van der Waals surface area contributed by atoms with E-state index in [2.05, 4.69) is 13.3 Å². The highest BCUT2D eigenvalue weighted by molar-refractivity contribution is 5.31. The van der Waals surface area contributed by atoms with E-state index in [4.69, 9.17) is 9.47 Å². The van der Waals surface area contributed by atoms with Crippen molar-refractivity contribution in [2.75, 3.05) is 13.7 Å². The van der Waals surface area contributed by atoms with E-state index in [-0.39, 0.29) is 0 Å². The fourth-order valence-corrected chi connectivity index (χ4v) is 1.95. The minimum absolute atomic E-state index is 0.811. The minimum atomic E-state index is 0.811. The summed E-state index contributed by atoms with van der Waals surface area (Å²) in [5, 5.41) is 0. The average Bonchev–Trinajstić information content (AvgIpc) is 2.46. The molecule has 0 bridgehead atoms. The summed E-state index contributed by atoms with van der Waals surface area (Å²) in [5.41, 5.74) is 0. The first kappa shape index (κ1) is 15.9. The fourth-order valence-electron chi connectivity index (χ4n) is 1.95. The van der Waals surface area contributed by atoms with E-state index in [9.17, 15) is 0 Å². The Labute approximate surface area is 118 Å². The van der Waals surface area contributed by atoms with Gasteiger partial charge in [0.15, 0.2) is 0 Å². The molecule has 107 valence electrons. The van der Waals surface area contributed by atoms with Crippen LogP contribution in [0.1, 0.15) is 51.9 Å². The molecule has 0 spiro atoms.